The van der Waals surface area contributed by atoms with Crippen molar-refractivity contribution in [3.05, 3.63) is 84.4 Å². The quantitative estimate of drug-likeness (QED) is 0.488. The lowest BCUT2D eigenvalue weighted by molar-refractivity contribution is 0.108. The number of nitrogens with zero attached hydrogens (tertiary/aromatic N) is 6. The molecule has 3 heterocycles. The van der Waals surface area contributed by atoms with Crippen LogP contribution in [0.4, 0.5) is 5.82 Å². The molecule has 0 unspecified atom stereocenters. The van der Waals surface area contributed by atoms with E-state index in [1.165, 1.54) is 17.5 Å². The SMILES string of the molecule is Nc1ncnc2ncn(CCCN3CCN(C(c4ccccc4)c4ccccc4)CC3)c12. The number of nitrogens with two attached hydrogens (primary N) is 1. The van der Waals surface area contributed by atoms with Gasteiger partial charge in [0.25, 0.3) is 0 Å². The largest absolute Gasteiger partial charge is 0.382 e. The number of hydrogen-bond acceptors (Lipinski definition) is 6. The number of nitrogen functional groups attached to an aromatic ring is 1. The van der Waals surface area contributed by atoms with Gasteiger partial charge >= 0.3 is 0 Å². The number of rotatable bonds is 7. The Morgan fingerprint density at radius 3 is 2.09 bits per heavy atom. The molecule has 0 radical (unpaired) electrons. The number of hydrogen-bond donors (Lipinski definition) is 1. The van der Waals surface area contributed by atoms with Gasteiger partial charge in [-0.3, -0.25) is 4.90 Å². The van der Waals surface area contributed by atoms with Crippen molar-refractivity contribution < 1.29 is 0 Å². The molecule has 1 saturated heterocycles. The van der Waals surface area contributed by atoms with E-state index in [1.54, 1.807) is 0 Å². The summed E-state index contributed by atoms with van der Waals surface area (Å²) in [6, 6.07) is 22.0. The normalized spacial score (nSPS) is 15.5. The van der Waals surface area contributed by atoms with Gasteiger partial charge in [0.2, 0.25) is 0 Å². The molecule has 1 aliphatic heterocycles. The molecule has 0 saturated carbocycles. The average molecular weight is 428 g/mol. The molecule has 4 aromatic rings. The first-order chi connectivity index (χ1) is 15.8. The zero-order valence-electron chi connectivity index (χ0n) is 18.2. The molecule has 7 nitrogen and oxygen atoms in total. The highest BCUT2D eigenvalue weighted by atomic mass is 15.3. The molecule has 0 bridgehead atoms. The zero-order valence-corrected chi connectivity index (χ0v) is 18.2. The van der Waals surface area contributed by atoms with Gasteiger partial charge in [-0.05, 0) is 24.1 Å². The van der Waals surface area contributed by atoms with Crippen LogP contribution in [0.15, 0.2) is 73.3 Å². The summed E-state index contributed by atoms with van der Waals surface area (Å²) in [5.74, 6) is 0.494. The summed E-state index contributed by atoms with van der Waals surface area (Å²) >= 11 is 0. The van der Waals surface area contributed by atoms with Gasteiger partial charge < -0.3 is 15.2 Å². The van der Waals surface area contributed by atoms with E-state index >= 15 is 0 Å². The molecule has 1 aliphatic rings. The molecule has 0 aliphatic carbocycles. The molecule has 2 aromatic carbocycles. The van der Waals surface area contributed by atoms with Gasteiger partial charge in [-0.1, -0.05) is 60.7 Å². The minimum atomic E-state index is 0.305. The third kappa shape index (κ3) is 4.35. The Hall–Kier alpha value is -3.29. The van der Waals surface area contributed by atoms with Crippen LogP contribution in [0.5, 0.6) is 0 Å². The van der Waals surface area contributed by atoms with E-state index in [1.807, 2.05) is 6.33 Å². The van der Waals surface area contributed by atoms with E-state index in [4.69, 9.17) is 5.73 Å². The lowest BCUT2D eigenvalue weighted by Crippen LogP contribution is -2.48. The van der Waals surface area contributed by atoms with E-state index in [0.717, 1.165) is 51.2 Å². The van der Waals surface area contributed by atoms with Crippen molar-refractivity contribution in [1.29, 1.82) is 0 Å². The summed E-state index contributed by atoms with van der Waals surface area (Å²) in [6.45, 7) is 6.19. The first-order valence-corrected chi connectivity index (χ1v) is 11.3. The summed E-state index contributed by atoms with van der Waals surface area (Å²) in [4.78, 5) is 17.8. The second-order valence-electron chi connectivity index (χ2n) is 8.32. The highest BCUT2D eigenvalue weighted by Crippen LogP contribution is 2.29. The molecular formula is C25H29N7. The van der Waals surface area contributed by atoms with Crippen molar-refractivity contribution in [2.45, 2.75) is 19.0 Å². The molecule has 5 rings (SSSR count). The maximum Gasteiger partial charge on any atom is 0.182 e. The van der Waals surface area contributed by atoms with Crippen LogP contribution in [-0.2, 0) is 6.54 Å². The maximum atomic E-state index is 6.03. The smallest absolute Gasteiger partial charge is 0.182 e. The van der Waals surface area contributed by atoms with Crippen molar-refractivity contribution in [3.63, 3.8) is 0 Å². The van der Waals surface area contributed by atoms with Gasteiger partial charge in [0, 0.05) is 32.7 Å². The van der Waals surface area contributed by atoms with E-state index in [0.29, 0.717) is 17.5 Å². The molecule has 0 spiro atoms. The second-order valence-corrected chi connectivity index (χ2v) is 8.32. The highest BCUT2D eigenvalue weighted by Gasteiger charge is 2.26. The standard InChI is InChI=1S/C25H29N7/c26-24-23-25(28-18-27-24)29-19-32(23)13-7-12-30-14-16-31(17-15-30)22(20-8-3-1-4-9-20)21-10-5-2-6-11-21/h1-6,8-11,18-19,22H,7,12-17H2,(H2,26,27,28). The Balaban J connectivity index is 1.19. The fourth-order valence-corrected chi connectivity index (χ4v) is 4.70. The van der Waals surface area contributed by atoms with Crippen LogP contribution < -0.4 is 5.73 Å². The molecule has 32 heavy (non-hydrogen) atoms. The van der Waals surface area contributed by atoms with Crippen molar-refractivity contribution in [3.8, 4) is 0 Å². The lowest BCUT2D eigenvalue weighted by atomic mass is 9.96. The summed E-state index contributed by atoms with van der Waals surface area (Å²) in [7, 11) is 0. The fraction of sp³-hybridized carbons (Fsp3) is 0.320. The van der Waals surface area contributed by atoms with Crippen LogP contribution in [0.2, 0.25) is 0 Å². The maximum absolute atomic E-state index is 6.03. The summed E-state index contributed by atoms with van der Waals surface area (Å²) in [5, 5.41) is 0. The van der Waals surface area contributed by atoms with Gasteiger partial charge in [-0.25, -0.2) is 15.0 Å². The van der Waals surface area contributed by atoms with Gasteiger partial charge in [-0.15, -0.1) is 0 Å². The third-order valence-corrected chi connectivity index (χ3v) is 6.31. The number of aryl methyl sites for hydroxylation is 1. The number of piperazine rings is 1. The number of fused-ring (bicyclic) bond motifs is 1. The van der Waals surface area contributed by atoms with E-state index in [-0.39, 0.29) is 0 Å². The van der Waals surface area contributed by atoms with Crippen LogP contribution in [0, 0.1) is 0 Å². The molecule has 7 heteroatoms. The molecule has 0 amide bonds. The van der Waals surface area contributed by atoms with Gasteiger partial charge in [0.15, 0.2) is 11.5 Å². The Bertz CT molecular complexity index is 1100. The number of aromatic nitrogens is 4. The van der Waals surface area contributed by atoms with Gasteiger partial charge in [0.05, 0.1) is 12.4 Å². The van der Waals surface area contributed by atoms with Crippen LogP contribution >= 0.6 is 0 Å². The minimum absolute atomic E-state index is 0.305. The predicted octanol–water partition coefficient (Wildman–Crippen LogP) is 3.21. The van der Waals surface area contributed by atoms with Crippen LogP contribution in [-0.4, -0.2) is 62.0 Å². The Morgan fingerprint density at radius 2 is 1.44 bits per heavy atom. The van der Waals surface area contributed by atoms with E-state index in [9.17, 15) is 0 Å². The van der Waals surface area contributed by atoms with E-state index in [2.05, 4.69) is 90.0 Å². The summed E-state index contributed by atoms with van der Waals surface area (Å²) < 4.78 is 2.07. The Labute approximate surface area is 188 Å². The summed E-state index contributed by atoms with van der Waals surface area (Å²) in [6.07, 6.45) is 4.32. The molecule has 0 atom stereocenters. The molecule has 2 aromatic heterocycles. The fourth-order valence-electron chi connectivity index (χ4n) is 4.70. The molecule has 2 N–H and O–H groups in total. The van der Waals surface area contributed by atoms with Crippen LogP contribution in [0.1, 0.15) is 23.6 Å². The number of anilines is 1. The van der Waals surface area contributed by atoms with Crippen molar-refractivity contribution >= 4 is 17.0 Å². The number of benzene rings is 2. The van der Waals surface area contributed by atoms with Crippen molar-refractivity contribution in [1.82, 2.24) is 29.3 Å². The van der Waals surface area contributed by atoms with Crippen LogP contribution in [0.25, 0.3) is 11.2 Å². The van der Waals surface area contributed by atoms with Crippen molar-refractivity contribution in [2.75, 3.05) is 38.5 Å². The van der Waals surface area contributed by atoms with E-state index < -0.39 is 0 Å². The first kappa shape index (κ1) is 20.6. The third-order valence-electron chi connectivity index (χ3n) is 6.31. The van der Waals surface area contributed by atoms with Gasteiger partial charge in [0.1, 0.15) is 11.8 Å². The average Bonchev–Trinajstić information content (AvgIpc) is 3.26. The predicted molar refractivity (Wildman–Crippen MR) is 127 cm³/mol. The minimum Gasteiger partial charge on any atom is -0.382 e. The topological polar surface area (TPSA) is 76.1 Å². The monoisotopic (exact) mass is 427 g/mol. The Morgan fingerprint density at radius 1 is 0.781 bits per heavy atom. The Kier molecular flexibility index (Phi) is 6.09. The van der Waals surface area contributed by atoms with Crippen molar-refractivity contribution in [2.24, 2.45) is 0 Å². The number of imidazole rings is 1. The molecule has 1 fully saturated rings. The zero-order chi connectivity index (χ0) is 21.8. The highest BCUT2D eigenvalue weighted by molar-refractivity contribution is 5.81. The first-order valence-electron chi connectivity index (χ1n) is 11.3. The lowest BCUT2D eigenvalue weighted by Gasteiger charge is -2.39. The summed E-state index contributed by atoms with van der Waals surface area (Å²) in [5.41, 5.74) is 10.3. The molecule has 164 valence electrons. The second kappa shape index (κ2) is 9.46. The van der Waals surface area contributed by atoms with Crippen LogP contribution in [0.3, 0.4) is 0 Å². The van der Waals surface area contributed by atoms with Gasteiger partial charge in [-0.2, -0.15) is 0 Å². The molecular weight excluding hydrogens is 398 g/mol.